The van der Waals surface area contributed by atoms with Gasteiger partial charge in [0.25, 0.3) is 11.8 Å². The third kappa shape index (κ3) is 3.18. The van der Waals surface area contributed by atoms with Crippen molar-refractivity contribution in [1.29, 1.82) is 0 Å². The summed E-state index contributed by atoms with van der Waals surface area (Å²) in [6, 6.07) is 7.02. The number of carbonyl (C=O) groups excluding carboxylic acids is 2. The van der Waals surface area contributed by atoms with Crippen LogP contribution >= 0.6 is 11.8 Å². The minimum atomic E-state index is -0.784. The molecule has 0 aromatic heterocycles. The van der Waals surface area contributed by atoms with Crippen LogP contribution in [0.3, 0.4) is 0 Å². The zero-order chi connectivity index (χ0) is 23.0. The van der Waals surface area contributed by atoms with Crippen molar-refractivity contribution in [2.45, 2.75) is 69.6 Å². The number of amides is 2. The summed E-state index contributed by atoms with van der Waals surface area (Å²) in [7, 11) is 0. The molecule has 0 radical (unpaired) electrons. The summed E-state index contributed by atoms with van der Waals surface area (Å²) < 4.78 is 13.0. The highest BCUT2D eigenvalue weighted by Gasteiger charge is 2.69. The van der Waals surface area contributed by atoms with Gasteiger partial charge in [-0.1, -0.05) is 26.0 Å². The van der Waals surface area contributed by atoms with Crippen LogP contribution in [0.5, 0.6) is 0 Å². The lowest BCUT2D eigenvalue weighted by Gasteiger charge is -2.60. The average molecular weight is 474 g/mol. The highest BCUT2D eigenvalue weighted by molar-refractivity contribution is 7.99. The minimum absolute atomic E-state index is 0.0959. The van der Waals surface area contributed by atoms with Gasteiger partial charge in [-0.3, -0.25) is 14.5 Å². The lowest BCUT2D eigenvalue weighted by molar-refractivity contribution is -0.568. The molecule has 2 amide bonds. The molecule has 0 unspecified atom stereocenters. The van der Waals surface area contributed by atoms with Gasteiger partial charge in [-0.2, -0.15) is 0 Å². The molecule has 4 saturated heterocycles. The summed E-state index contributed by atoms with van der Waals surface area (Å²) in [5.41, 5.74) is 0.327. The Morgan fingerprint density at radius 2 is 1.76 bits per heavy atom. The Bertz CT molecular complexity index is 952. The van der Waals surface area contributed by atoms with E-state index in [0.29, 0.717) is 35.3 Å². The first-order valence-corrected chi connectivity index (χ1v) is 13.2. The molecule has 8 heteroatoms. The summed E-state index contributed by atoms with van der Waals surface area (Å²) in [5, 5.41) is 0. The van der Waals surface area contributed by atoms with E-state index >= 15 is 0 Å². The van der Waals surface area contributed by atoms with Gasteiger partial charge in [0, 0.05) is 24.6 Å². The van der Waals surface area contributed by atoms with E-state index in [0.717, 1.165) is 19.3 Å². The number of rotatable bonds is 4. The quantitative estimate of drug-likeness (QED) is 0.479. The average Bonchev–Trinajstić information content (AvgIpc) is 2.92. The van der Waals surface area contributed by atoms with Crippen molar-refractivity contribution in [3.05, 3.63) is 35.4 Å². The highest BCUT2D eigenvalue weighted by atomic mass is 32.2. The number of imide groups is 1. The Hall–Kier alpha value is -1.45. The Labute approximate surface area is 198 Å². The van der Waals surface area contributed by atoms with E-state index in [9.17, 15) is 9.59 Å². The molecule has 2 bridgehead atoms. The second-order valence-electron chi connectivity index (χ2n) is 10.5. The number of hydrogen-bond donors (Lipinski definition) is 0. The topological polar surface area (TPSA) is 74.3 Å². The first kappa shape index (κ1) is 22.0. The molecule has 1 aromatic carbocycles. The number of fused-ring (bicyclic) bond motifs is 3. The summed E-state index contributed by atoms with van der Waals surface area (Å²) in [6.07, 6.45) is 3.56. The van der Waals surface area contributed by atoms with E-state index in [-0.39, 0.29) is 29.1 Å². The summed E-state index contributed by atoms with van der Waals surface area (Å²) >= 11 is 1.66. The van der Waals surface area contributed by atoms with Crippen LogP contribution in [0.1, 0.15) is 67.2 Å². The third-order valence-corrected chi connectivity index (χ3v) is 9.86. The Morgan fingerprint density at radius 1 is 1.03 bits per heavy atom. The predicted octanol–water partition coefficient (Wildman–Crippen LogP) is 4.22. The maximum Gasteiger partial charge on any atom is 0.261 e. The molecule has 1 aliphatic carbocycles. The van der Waals surface area contributed by atoms with Gasteiger partial charge in [0.2, 0.25) is 5.79 Å². The molecule has 178 valence electrons. The molecule has 1 aromatic rings. The van der Waals surface area contributed by atoms with Crippen LogP contribution in [-0.2, 0) is 19.2 Å². The van der Waals surface area contributed by atoms with Crippen LogP contribution in [0.15, 0.2) is 24.3 Å². The molecule has 1 spiro atoms. The molecule has 5 fully saturated rings. The number of thioether (sulfide) groups is 1. The molecular formula is C25H31NO6S. The smallest absolute Gasteiger partial charge is 0.261 e. The fourth-order valence-corrected chi connectivity index (χ4v) is 7.96. The fraction of sp³-hybridized carbons (Fsp3) is 0.680. The molecule has 5 heterocycles. The van der Waals surface area contributed by atoms with Gasteiger partial charge in [0.1, 0.15) is 5.44 Å². The van der Waals surface area contributed by atoms with Crippen LogP contribution in [0.4, 0.5) is 0 Å². The number of benzene rings is 1. The molecule has 0 N–H and O–H groups in total. The van der Waals surface area contributed by atoms with Crippen molar-refractivity contribution in [2.75, 3.05) is 12.3 Å². The first-order chi connectivity index (χ1) is 15.8. The normalized spacial score (nSPS) is 43.9. The van der Waals surface area contributed by atoms with Crippen molar-refractivity contribution < 1.29 is 28.8 Å². The van der Waals surface area contributed by atoms with E-state index in [1.807, 2.05) is 6.92 Å². The largest absolute Gasteiger partial charge is 0.335 e. The van der Waals surface area contributed by atoms with Crippen molar-refractivity contribution in [1.82, 2.24) is 4.90 Å². The van der Waals surface area contributed by atoms with Crippen LogP contribution in [0.25, 0.3) is 0 Å². The number of nitrogens with zero attached hydrogens (tertiary/aromatic N) is 1. The Kier molecular flexibility index (Phi) is 5.20. The van der Waals surface area contributed by atoms with Gasteiger partial charge in [0.15, 0.2) is 11.9 Å². The maximum atomic E-state index is 12.7. The Morgan fingerprint density at radius 3 is 2.48 bits per heavy atom. The monoisotopic (exact) mass is 473 g/mol. The standard InChI is InChI=1S/C25H31NO6S/c1-14-8-9-19-15(2)22(29-23-25(19)18(14)10-11-24(3,30-23)31-32-25)33-13-12-26-20(27)16-6-4-5-7-17(16)21(26)28/h4-7,14-15,18-19,22-23H,8-13H2,1-3H3/t14-,15-,18+,19+,22+,23-,24-,25-/m1/s1. The van der Waals surface area contributed by atoms with Crippen molar-refractivity contribution in [2.24, 2.45) is 23.7 Å². The molecule has 8 atom stereocenters. The lowest BCUT2D eigenvalue weighted by Crippen LogP contribution is -2.70. The second-order valence-corrected chi connectivity index (χ2v) is 11.7. The van der Waals surface area contributed by atoms with Gasteiger partial charge in [0.05, 0.1) is 11.1 Å². The summed E-state index contributed by atoms with van der Waals surface area (Å²) in [6.45, 7) is 6.83. The maximum absolute atomic E-state index is 12.7. The van der Waals surface area contributed by atoms with E-state index in [4.69, 9.17) is 19.2 Å². The zero-order valence-corrected chi connectivity index (χ0v) is 20.1. The molecule has 1 saturated carbocycles. The van der Waals surface area contributed by atoms with Crippen LogP contribution in [0.2, 0.25) is 0 Å². The summed E-state index contributed by atoms with van der Waals surface area (Å²) in [5.74, 6) is 0.798. The van der Waals surface area contributed by atoms with E-state index < -0.39 is 17.7 Å². The van der Waals surface area contributed by atoms with Crippen molar-refractivity contribution in [3.63, 3.8) is 0 Å². The van der Waals surface area contributed by atoms with E-state index in [2.05, 4.69) is 13.8 Å². The van der Waals surface area contributed by atoms with Gasteiger partial charge >= 0.3 is 0 Å². The van der Waals surface area contributed by atoms with Crippen LogP contribution < -0.4 is 0 Å². The Balaban J connectivity index is 1.18. The van der Waals surface area contributed by atoms with Gasteiger partial charge < -0.3 is 9.47 Å². The SMILES string of the molecule is C[C@H]1[C@H](SCCN2C(=O)c3ccccc3C2=O)O[C@@H]2O[C@@]3(C)CC[C@H]4[C@H](C)CC[C@@H]1[C@@]24OO3. The number of hydrogen-bond acceptors (Lipinski definition) is 7. The minimum Gasteiger partial charge on any atom is -0.335 e. The van der Waals surface area contributed by atoms with Crippen LogP contribution in [0, 0.1) is 23.7 Å². The van der Waals surface area contributed by atoms with E-state index in [1.165, 1.54) is 11.3 Å². The molecule has 5 aliphatic heterocycles. The molecule has 33 heavy (non-hydrogen) atoms. The molecule has 7 nitrogen and oxygen atoms in total. The van der Waals surface area contributed by atoms with Gasteiger partial charge in [-0.25, -0.2) is 9.78 Å². The van der Waals surface area contributed by atoms with Gasteiger partial charge in [-0.15, -0.1) is 11.8 Å². The molecule has 6 aliphatic rings. The zero-order valence-electron chi connectivity index (χ0n) is 19.3. The fourth-order valence-electron chi connectivity index (χ4n) is 6.76. The van der Waals surface area contributed by atoms with Gasteiger partial charge in [-0.05, 0) is 56.1 Å². The van der Waals surface area contributed by atoms with E-state index in [1.54, 1.807) is 36.0 Å². The van der Waals surface area contributed by atoms with Crippen molar-refractivity contribution in [3.8, 4) is 0 Å². The van der Waals surface area contributed by atoms with Crippen molar-refractivity contribution >= 4 is 23.6 Å². The number of carbonyl (C=O) groups is 2. The number of ether oxygens (including phenoxy) is 2. The second kappa shape index (κ2) is 7.78. The predicted molar refractivity (Wildman–Crippen MR) is 121 cm³/mol. The molecular weight excluding hydrogens is 442 g/mol. The first-order valence-electron chi connectivity index (χ1n) is 12.1. The lowest BCUT2D eigenvalue weighted by atomic mass is 9.58. The third-order valence-electron chi connectivity index (χ3n) is 8.57. The highest BCUT2D eigenvalue weighted by Crippen LogP contribution is 2.61. The van der Waals surface area contributed by atoms with Crippen LogP contribution in [-0.4, -0.2) is 52.1 Å². The summed E-state index contributed by atoms with van der Waals surface area (Å²) in [4.78, 5) is 38.8. The molecule has 7 rings (SSSR count).